The zero-order valence-electron chi connectivity index (χ0n) is 12.5. The lowest BCUT2D eigenvalue weighted by atomic mass is 9.83. The molecule has 0 aliphatic carbocycles. The summed E-state index contributed by atoms with van der Waals surface area (Å²) in [6.07, 6.45) is 1.28. The molecule has 2 rings (SSSR count). The number of rotatable bonds is 5. The lowest BCUT2D eigenvalue weighted by Crippen LogP contribution is -2.62. The topological polar surface area (TPSA) is 125 Å². The van der Waals surface area contributed by atoms with Crippen molar-refractivity contribution in [2.45, 2.75) is 49.6 Å². The highest BCUT2D eigenvalue weighted by atomic mass is 16.8. The number of fused-ring (bicyclic) bond motifs is 1. The highest BCUT2D eigenvalue weighted by Gasteiger charge is 2.59. The van der Waals surface area contributed by atoms with Crippen molar-refractivity contribution < 1.29 is 14.2 Å². The van der Waals surface area contributed by atoms with E-state index in [1.54, 1.807) is 13.8 Å². The predicted octanol–water partition coefficient (Wildman–Crippen LogP) is 3.01. The van der Waals surface area contributed by atoms with Crippen molar-refractivity contribution in [2.75, 3.05) is 6.54 Å². The Morgan fingerprint density at radius 3 is 2.45 bits per heavy atom. The molecule has 2 aliphatic rings. The van der Waals surface area contributed by atoms with Crippen molar-refractivity contribution in [3.8, 4) is 0 Å². The van der Waals surface area contributed by atoms with Gasteiger partial charge in [0.25, 0.3) is 0 Å². The van der Waals surface area contributed by atoms with Crippen LogP contribution in [-0.4, -0.2) is 42.3 Å². The molecule has 0 saturated carbocycles. The zero-order valence-corrected chi connectivity index (χ0v) is 12.5. The van der Waals surface area contributed by atoms with Crippen LogP contribution >= 0.6 is 0 Å². The van der Waals surface area contributed by atoms with Crippen LogP contribution in [0.25, 0.3) is 20.9 Å². The largest absolute Gasteiger partial charge is 0.360 e. The minimum atomic E-state index is -1.08. The summed E-state index contributed by atoms with van der Waals surface area (Å²) in [5.74, 6) is -0.886. The average Bonchev–Trinajstić information content (AvgIpc) is 2.83. The Morgan fingerprint density at radius 1 is 1.18 bits per heavy atom. The third kappa shape index (κ3) is 2.68. The molecule has 2 saturated heterocycles. The van der Waals surface area contributed by atoms with Crippen LogP contribution in [0, 0.1) is 0 Å². The predicted molar refractivity (Wildman–Crippen MR) is 78.8 cm³/mol. The Kier molecular flexibility index (Phi) is 4.46. The smallest absolute Gasteiger partial charge is 0.163 e. The molecule has 0 bridgehead atoms. The summed E-state index contributed by atoms with van der Waals surface area (Å²) < 4.78 is 17.8. The van der Waals surface area contributed by atoms with Gasteiger partial charge in [0, 0.05) is 9.82 Å². The fraction of sp³-hybridized carbons (Fsp3) is 0.692. The Labute approximate surface area is 127 Å². The molecule has 2 aliphatic heterocycles. The van der Waals surface area contributed by atoms with Crippen molar-refractivity contribution in [1.29, 1.82) is 0 Å². The van der Waals surface area contributed by atoms with Gasteiger partial charge in [-0.2, -0.15) is 0 Å². The van der Waals surface area contributed by atoms with E-state index in [-0.39, 0.29) is 6.54 Å². The molecule has 0 spiro atoms. The SMILES string of the molecule is C=CC1OC(C=C)(CN=[N+]=[N-])[C@@H]2OC(C)(C)OC2[C@H]1N=[N+]=[N-]. The first-order valence-corrected chi connectivity index (χ1v) is 6.77. The Hall–Kier alpha value is -2.02. The second-order valence-electron chi connectivity index (χ2n) is 5.58. The van der Waals surface area contributed by atoms with Gasteiger partial charge in [-0.15, -0.1) is 13.2 Å². The number of azide groups is 2. The van der Waals surface area contributed by atoms with Crippen molar-refractivity contribution >= 4 is 0 Å². The van der Waals surface area contributed by atoms with Crippen LogP contribution in [0.4, 0.5) is 0 Å². The molecule has 0 radical (unpaired) electrons. The van der Waals surface area contributed by atoms with Crippen molar-refractivity contribution in [2.24, 2.45) is 10.2 Å². The molecule has 3 unspecified atom stereocenters. The quantitative estimate of drug-likeness (QED) is 0.335. The van der Waals surface area contributed by atoms with E-state index < -0.39 is 35.7 Å². The van der Waals surface area contributed by atoms with Crippen LogP contribution in [0.1, 0.15) is 13.8 Å². The Morgan fingerprint density at radius 2 is 1.91 bits per heavy atom. The summed E-state index contributed by atoms with van der Waals surface area (Å²) in [5, 5.41) is 7.36. The standard InChI is InChI=1S/C13H18N6O3/c1-5-8-9(17-19-15)10-11(22-12(3,4)21-10)13(6-2,20-8)7-16-18-14/h5-6,8-11H,1-2,7H2,3-4H3/t8?,9-,10?,11+,13?/m0/s1. The molecule has 2 fully saturated rings. The summed E-state index contributed by atoms with van der Waals surface area (Å²) in [7, 11) is 0. The van der Waals surface area contributed by atoms with Crippen molar-refractivity contribution in [3.63, 3.8) is 0 Å². The van der Waals surface area contributed by atoms with E-state index in [0.29, 0.717) is 0 Å². The summed E-state index contributed by atoms with van der Waals surface area (Å²) in [5.41, 5.74) is 16.3. The molecular weight excluding hydrogens is 288 g/mol. The zero-order chi connectivity index (χ0) is 16.4. The van der Waals surface area contributed by atoms with Crippen LogP contribution in [0.3, 0.4) is 0 Å². The highest BCUT2D eigenvalue weighted by Crippen LogP contribution is 2.44. The number of ether oxygens (including phenoxy) is 3. The number of hydrogen-bond donors (Lipinski definition) is 0. The molecule has 0 aromatic carbocycles. The first-order valence-electron chi connectivity index (χ1n) is 6.77. The van der Waals surface area contributed by atoms with Gasteiger partial charge in [0.05, 0.1) is 18.7 Å². The van der Waals surface area contributed by atoms with Gasteiger partial charge >= 0.3 is 0 Å². The van der Waals surface area contributed by atoms with Crippen LogP contribution < -0.4 is 0 Å². The van der Waals surface area contributed by atoms with E-state index in [1.165, 1.54) is 12.2 Å². The van der Waals surface area contributed by atoms with Gasteiger partial charge in [-0.25, -0.2) is 0 Å². The van der Waals surface area contributed by atoms with E-state index >= 15 is 0 Å². The van der Waals surface area contributed by atoms with Crippen LogP contribution in [0.2, 0.25) is 0 Å². The first kappa shape index (κ1) is 16.4. The second-order valence-corrected chi connectivity index (χ2v) is 5.58. The van der Waals surface area contributed by atoms with Gasteiger partial charge in [-0.3, -0.25) is 0 Å². The molecular formula is C13H18N6O3. The monoisotopic (exact) mass is 306 g/mol. The first-order chi connectivity index (χ1) is 10.4. The summed E-state index contributed by atoms with van der Waals surface area (Å²) in [4.78, 5) is 5.63. The summed E-state index contributed by atoms with van der Waals surface area (Å²) >= 11 is 0. The van der Waals surface area contributed by atoms with E-state index in [0.717, 1.165) is 0 Å². The highest BCUT2D eigenvalue weighted by molar-refractivity contribution is 5.18. The van der Waals surface area contributed by atoms with Crippen LogP contribution in [0.5, 0.6) is 0 Å². The maximum Gasteiger partial charge on any atom is 0.163 e. The molecule has 0 aromatic rings. The molecule has 2 heterocycles. The second kappa shape index (κ2) is 6.00. The van der Waals surface area contributed by atoms with Crippen LogP contribution in [0.15, 0.2) is 35.5 Å². The van der Waals surface area contributed by atoms with E-state index in [2.05, 4.69) is 33.2 Å². The molecule has 9 nitrogen and oxygen atoms in total. The molecule has 0 N–H and O–H groups in total. The van der Waals surface area contributed by atoms with Gasteiger partial charge in [0.1, 0.15) is 17.8 Å². The van der Waals surface area contributed by atoms with Gasteiger partial charge in [-0.1, -0.05) is 22.4 Å². The summed E-state index contributed by atoms with van der Waals surface area (Å²) in [6.45, 7) is 11.0. The van der Waals surface area contributed by atoms with E-state index in [9.17, 15) is 0 Å². The van der Waals surface area contributed by atoms with Crippen molar-refractivity contribution in [1.82, 2.24) is 0 Å². The van der Waals surface area contributed by atoms with Gasteiger partial charge in [-0.05, 0) is 24.9 Å². The minimum Gasteiger partial charge on any atom is -0.360 e. The lowest BCUT2D eigenvalue weighted by Gasteiger charge is -2.46. The maximum absolute atomic E-state index is 8.80. The van der Waals surface area contributed by atoms with Gasteiger partial charge < -0.3 is 14.2 Å². The Bertz CT molecular complexity index is 566. The molecule has 22 heavy (non-hydrogen) atoms. The third-order valence-corrected chi connectivity index (χ3v) is 3.78. The van der Waals surface area contributed by atoms with E-state index in [4.69, 9.17) is 25.3 Å². The van der Waals surface area contributed by atoms with Gasteiger partial charge in [0.2, 0.25) is 0 Å². The van der Waals surface area contributed by atoms with Crippen molar-refractivity contribution in [3.05, 3.63) is 46.2 Å². The maximum atomic E-state index is 8.80. The lowest BCUT2D eigenvalue weighted by molar-refractivity contribution is -0.177. The fourth-order valence-electron chi connectivity index (χ4n) is 2.87. The number of nitrogens with zero attached hydrogens (tertiary/aromatic N) is 6. The molecule has 0 aromatic heterocycles. The Balaban J connectivity index is 2.49. The average molecular weight is 306 g/mol. The normalized spacial score (nSPS) is 39.0. The molecule has 118 valence electrons. The summed E-state index contributed by atoms with van der Waals surface area (Å²) in [6, 6.07) is -0.631. The number of hydrogen-bond acceptors (Lipinski definition) is 5. The third-order valence-electron chi connectivity index (χ3n) is 3.78. The van der Waals surface area contributed by atoms with Crippen LogP contribution in [-0.2, 0) is 14.2 Å². The molecule has 9 heteroatoms. The van der Waals surface area contributed by atoms with E-state index in [1.807, 2.05) is 0 Å². The fourth-order valence-corrected chi connectivity index (χ4v) is 2.87. The minimum absolute atomic E-state index is 0.0130. The molecule has 0 amide bonds. The molecule has 5 atom stereocenters. The van der Waals surface area contributed by atoms with Gasteiger partial charge in [0.15, 0.2) is 5.79 Å².